The van der Waals surface area contributed by atoms with Gasteiger partial charge < -0.3 is 0 Å². The standard InChI is InChI=1S/C27H57NO2S2/c1-6-9-11-13-15-17-19-21-23-26(4)31(28-32(29,30)25-8-3)27(5)24-22-20-18-16-14-12-10-7-2/h26-27H,6-25H2,1-5H3. The molecule has 32 heavy (non-hydrogen) atoms. The molecule has 0 aliphatic carbocycles. The van der Waals surface area contributed by atoms with E-state index in [0.717, 1.165) is 12.8 Å². The van der Waals surface area contributed by atoms with Crippen LogP contribution in [0.15, 0.2) is 3.77 Å². The molecule has 0 rings (SSSR count). The van der Waals surface area contributed by atoms with Crippen LogP contribution in [0.25, 0.3) is 0 Å². The number of hydrogen-bond acceptors (Lipinski definition) is 2. The van der Waals surface area contributed by atoms with Gasteiger partial charge in [-0.05, 0) is 19.3 Å². The smallest absolute Gasteiger partial charge is 0.204 e. The van der Waals surface area contributed by atoms with Crippen molar-refractivity contribution in [3.05, 3.63) is 0 Å². The van der Waals surface area contributed by atoms with E-state index in [2.05, 4.69) is 31.5 Å². The first-order chi connectivity index (χ1) is 15.4. The first-order valence-corrected chi connectivity index (χ1v) is 17.0. The minimum Gasteiger partial charge on any atom is -0.204 e. The summed E-state index contributed by atoms with van der Waals surface area (Å²) in [6, 6.07) is 0. The van der Waals surface area contributed by atoms with Crippen LogP contribution in [0.4, 0.5) is 0 Å². The average molecular weight is 492 g/mol. The summed E-state index contributed by atoms with van der Waals surface area (Å²) in [5, 5.41) is 0.761. The molecule has 0 aromatic carbocycles. The van der Waals surface area contributed by atoms with Crippen molar-refractivity contribution in [1.29, 1.82) is 0 Å². The second-order valence-corrected chi connectivity index (χ2v) is 14.3. The van der Waals surface area contributed by atoms with E-state index in [1.165, 1.54) is 103 Å². The molecule has 3 nitrogen and oxygen atoms in total. The lowest BCUT2D eigenvalue weighted by Gasteiger charge is -2.22. The molecule has 0 aromatic heterocycles. The highest BCUT2D eigenvalue weighted by Gasteiger charge is 2.19. The maximum atomic E-state index is 12.5. The Bertz CT molecular complexity index is 518. The van der Waals surface area contributed by atoms with Crippen molar-refractivity contribution in [2.45, 2.75) is 167 Å². The fourth-order valence-electron chi connectivity index (χ4n) is 4.34. The lowest BCUT2D eigenvalue weighted by atomic mass is 10.1. The Morgan fingerprint density at radius 3 is 1.25 bits per heavy atom. The van der Waals surface area contributed by atoms with Crippen LogP contribution in [0.1, 0.15) is 157 Å². The molecule has 0 aliphatic rings. The third kappa shape index (κ3) is 18.5. The van der Waals surface area contributed by atoms with Crippen molar-refractivity contribution in [3.8, 4) is 0 Å². The van der Waals surface area contributed by atoms with Crippen LogP contribution in [0.5, 0.6) is 0 Å². The lowest BCUT2D eigenvalue weighted by molar-refractivity contribution is 0.559. The van der Waals surface area contributed by atoms with Gasteiger partial charge in [-0.25, -0.2) is 8.42 Å². The van der Waals surface area contributed by atoms with Gasteiger partial charge in [-0.2, -0.15) is 0 Å². The first-order valence-electron chi connectivity index (χ1n) is 14.1. The van der Waals surface area contributed by atoms with E-state index in [9.17, 15) is 8.42 Å². The SMILES string of the molecule is CCCCCCCCCCC(C)S(=NS(=O)(=O)CCC)C(C)CCCCCCCCCC. The molecule has 0 saturated heterocycles. The minimum absolute atomic E-state index is 0.200. The number of unbranched alkanes of at least 4 members (excludes halogenated alkanes) is 14. The zero-order valence-electron chi connectivity index (χ0n) is 22.4. The highest BCUT2D eigenvalue weighted by molar-refractivity contribution is 8.00. The quantitative estimate of drug-likeness (QED) is 0.134. The molecule has 0 saturated carbocycles. The fraction of sp³-hybridized carbons (Fsp3) is 1.00. The van der Waals surface area contributed by atoms with Crippen LogP contribution in [-0.2, 0) is 20.7 Å². The normalized spacial score (nSPS) is 14.9. The summed E-state index contributed by atoms with van der Waals surface area (Å²) in [7, 11) is -3.65. The number of sulfonamides is 1. The Labute approximate surface area is 205 Å². The van der Waals surface area contributed by atoms with E-state index in [1.54, 1.807) is 0 Å². The van der Waals surface area contributed by atoms with E-state index in [4.69, 9.17) is 0 Å². The lowest BCUT2D eigenvalue weighted by Crippen LogP contribution is -2.23. The van der Waals surface area contributed by atoms with Gasteiger partial charge in [0.2, 0.25) is 0 Å². The van der Waals surface area contributed by atoms with Crippen LogP contribution >= 0.6 is 0 Å². The molecule has 2 atom stereocenters. The first kappa shape index (κ1) is 32.1. The average Bonchev–Trinajstić information content (AvgIpc) is 2.75. The Hall–Kier alpha value is 0.1000. The Kier molecular flexibility index (Phi) is 21.7. The molecule has 0 aliphatic heterocycles. The molecule has 0 heterocycles. The predicted octanol–water partition coefficient (Wildman–Crippen LogP) is 9.37. The van der Waals surface area contributed by atoms with Crippen LogP contribution in [0.3, 0.4) is 0 Å². The Balaban J connectivity index is 4.53. The van der Waals surface area contributed by atoms with E-state index in [0.29, 0.717) is 16.9 Å². The monoisotopic (exact) mass is 491 g/mol. The van der Waals surface area contributed by atoms with E-state index < -0.39 is 10.0 Å². The summed E-state index contributed by atoms with van der Waals surface area (Å²) in [5.74, 6) is 0.200. The molecule has 0 fully saturated rings. The predicted molar refractivity (Wildman–Crippen MR) is 147 cm³/mol. The second kappa shape index (κ2) is 21.6. The summed E-state index contributed by atoms with van der Waals surface area (Å²) < 4.78 is 29.5. The van der Waals surface area contributed by atoms with Gasteiger partial charge in [-0.3, -0.25) is 0 Å². The van der Waals surface area contributed by atoms with Gasteiger partial charge in [0.15, 0.2) is 0 Å². The highest BCUT2D eigenvalue weighted by atomic mass is 32.3. The molecular weight excluding hydrogens is 434 g/mol. The maximum Gasteiger partial charge on any atom is 0.258 e. The van der Waals surface area contributed by atoms with Crippen LogP contribution < -0.4 is 0 Å². The third-order valence-corrected chi connectivity index (χ3v) is 11.1. The van der Waals surface area contributed by atoms with E-state index in [1.807, 2.05) is 6.92 Å². The van der Waals surface area contributed by atoms with Crippen molar-refractivity contribution in [2.75, 3.05) is 5.75 Å². The van der Waals surface area contributed by atoms with Gasteiger partial charge in [0, 0.05) is 10.5 Å². The molecule has 194 valence electrons. The Morgan fingerprint density at radius 2 is 0.906 bits per heavy atom. The summed E-state index contributed by atoms with van der Waals surface area (Å²) >= 11 is 0. The molecule has 0 bridgehead atoms. The summed E-state index contributed by atoms with van der Waals surface area (Å²) in [6.45, 7) is 11.0. The summed E-state index contributed by atoms with van der Waals surface area (Å²) in [5.41, 5.74) is 0. The minimum atomic E-state index is -3.28. The highest BCUT2D eigenvalue weighted by Crippen LogP contribution is 2.21. The maximum absolute atomic E-state index is 12.5. The van der Waals surface area contributed by atoms with E-state index >= 15 is 0 Å². The largest absolute Gasteiger partial charge is 0.258 e. The van der Waals surface area contributed by atoms with Gasteiger partial charge >= 0.3 is 0 Å². The molecule has 0 spiro atoms. The molecule has 0 radical (unpaired) electrons. The van der Waals surface area contributed by atoms with Crippen LogP contribution in [-0.4, -0.2) is 24.7 Å². The zero-order valence-corrected chi connectivity index (χ0v) is 24.0. The van der Waals surface area contributed by atoms with Crippen molar-refractivity contribution in [1.82, 2.24) is 0 Å². The summed E-state index contributed by atoms with van der Waals surface area (Å²) in [4.78, 5) is 0. The van der Waals surface area contributed by atoms with Gasteiger partial charge in [-0.1, -0.05) is 148 Å². The van der Waals surface area contributed by atoms with Crippen molar-refractivity contribution in [2.24, 2.45) is 3.77 Å². The molecule has 5 heteroatoms. The number of hydrogen-bond donors (Lipinski definition) is 0. The van der Waals surface area contributed by atoms with E-state index in [-0.39, 0.29) is 16.4 Å². The number of nitrogens with zero attached hydrogens (tertiary/aromatic N) is 1. The van der Waals surface area contributed by atoms with Crippen LogP contribution in [0, 0.1) is 0 Å². The molecule has 2 unspecified atom stereocenters. The molecule has 0 N–H and O–H groups in total. The van der Waals surface area contributed by atoms with Gasteiger partial charge in [0.1, 0.15) is 0 Å². The van der Waals surface area contributed by atoms with Gasteiger partial charge in [-0.15, -0.1) is 3.77 Å². The van der Waals surface area contributed by atoms with Crippen molar-refractivity contribution < 1.29 is 8.42 Å². The van der Waals surface area contributed by atoms with Crippen LogP contribution in [0.2, 0.25) is 0 Å². The molecular formula is C27H57NO2S2. The van der Waals surface area contributed by atoms with Gasteiger partial charge in [0.05, 0.1) is 5.75 Å². The number of rotatable bonds is 23. The zero-order chi connectivity index (χ0) is 24.1. The second-order valence-electron chi connectivity index (χ2n) is 9.86. The topological polar surface area (TPSA) is 46.5 Å². The third-order valence-electron chi connectivity index (χ3n) is 6.41. The van der Waals surface area contributed by atoms with Gasteiger partial charge in [0.25, 0.3) is 10.0 Å². The Morgan fingerprint density at radius 1 is 0.562 bits per heavy atom. The van der Waals surface area contributed by atoms with Crippen molar-refractivity contribution in [3.63, 3.8) is 0 Å². The molecule has 0 amide bonds. The van der Waals surface area contributed by atoms with Crippen molar-refractivity contribution >= 4 is 20.7 Å². The summed E-state index contributed by atoms with van der Waals surface area (Å²) in [6.07, 6.45) is 24.1. The fourth-order valence-corrected chi connectivity index (χ4v) is 8.99. The molecule has 0 aromatic rings.